The number of benzene rings is 4. The number of hydrogen-bond donors (Lipinski definition) is 1. The highest BCUT2D eigenvalue weighted by atomic mass is 16.6. The lowest BCUT2D eigenvalue weighted by molar-refractivity contribution is -0.384. The average Bonchev–Trinajstić information content (AvgIpc) is 3.38. The number of rotatable bonds is 8. The normalized spacial score (nSPS) is 10.7. The monoisotopic (exact) mass is 494 g/mol. The van der Waals surface area contributed by atoms with Crippen LogP contribution in [0.4, 0.5) is 11.4 Å². The van der Waals surface area contributed by atoms with Gasteiger partial charge >= 0.3 is 0 Å². The Morgan fingerprint density at radius 2 is 1.70 bits per heavy atom. The third-order valence-electron chi connectivity index (χ3n) is 5.62. The smallest absolute Gasteiger partial charge is 0.291 e. The van der Waals surface area contributed by atoms with Crippen molar-refractivity contribution in [1.82, 2.24) is 0 Å². The van der Waals surface area contributed by atoms with Crippen molar-refractivity contribution in [3.05, 3.63) is 124 Å². The van der Waals surface area contributed by atoms with Crippen LogP contribution in [0.5, 0.6) is 17.2 Å². The van der Waals surface area contributed by atoms with Crippen molar-refractivity contribution in [2.45, 2.75) is 13.5 Å². The minimum Gasteiger partial charge on any atom is -0.485 e. The van der Waals surface area contributed by atoms with E-state index in [-0.39, 0.29) is 29.5 Å². The van der Waals surface area contributed by atoms with E-state index in [2.05, 4.69) is 5.32 Å². The van der Waals surface area contributed by atoms with Gasteiger partial charge in [0.15, 0.2) is 5.76 Å². The summed E-state index contributed by atoms with van der Waals surface area (Å²) in [6.45, 7) is 2.08. The van der Waals surface area contributed by atoms with E-state index >= 15 is 0 Å². The van der Waals surface area contributed by atoms with Gasteiger partial charge in [0.2, 0.25) is 0 Å². The molecule has 1 heterocycles. The molecule has 4 aromatic carbocycles. The number of amides is 1. The molecule has 0 radical (unpaired) electrons. The number of fused-ring (bicyclic) bond motifs is 1. The van der Waals surface area contributed by atoms with Gasteiger partial charge in [-0.2, -0.15) is 0 Å². The summed E-state index contributed by atoms with van der Waals surface area (Å²) < 4.78 is 17.4. The number of nitrogens with one attached hydrogen (secondary N) is 1. The summed E-state index contributed by atoms with van der Waals surface area (Å²) in [5.41, 5.74) is 1.04. The van der Waals surface area contributed by atoms with E-state index in [0.29, 0.717) is 17.3 Å². The van der Waals surface area contributed by atoms with Crippen molar-refractivity contribution in [2.24, 2.45) is 0 Å². The van der Waals surface area contributed by atoms with Crippen molar-refractivity contribution >= 4 is 28.1 Å². The van der Waals surface area contributed by atoms with E-state index in [9.17, 15) is 14.9 Å². The summed E-state index contributed by atoms with van der Waals surface area (Å²) in [6, 6.07) is 28.2. The highest BCUT2D eigenvalue weighted by molar-refractivity contribution is 6.02. The lowest BCUT2D eigenvalue weighted by Crippen LogP contribution is -2.11. The van der Waals surface area contributed by atoms with Crippen molar-refractivity contribution < 1.29 is 23.6 Å². The molecule has 0 aliphatic heterocycles. The maximum atomic E-state index is 12.8. The molecule has 184 valence electrons. The van der Waals surface area contributed by atoms with Crippen LogP contribution in [0.1, 0.15) is 21.9 Å². The number of nitro groups is 1. The maximum Gasteiger partial charge on any atom is 0.291 e. The van der Waals surface area contributed by atoms with Crippen molar-refractivity contribution in [2.75, 3.05) is 5.32 Å². The molecule has 5 rings (SSSR count). The van der Waals surface area contributed by atoms with Crippen molar-refractivity contribution in [3.63, 3.8) is 0 Å². The Hall–Kier alpha value is -5.11. The Labute approximate surface area is 212 Å². The summed E-state index contributed by atoms with van der Waals surface area (Å²) in [7, 11) is 0. The zero-order valence-electron chi connectivity index (χ0n) is 19.8. The minimum absolute atomic E-state index is 0.0454. The van der Waals surface area contributed by atoms with E-state index in [0.717, 1.165) is 16.3 Å². The van der Waals surface area contributed by atoms with Crippen LogP contribution in [-0.2, 0) is 6.61 Å². The van der Waals surface area contributed by atoms with Crippen LogP contribution in [0, 0.1) is 17.0 Å². The van der Waals surface area contributed by atoms with Gasteiger partial charge in [0.1, 0.15) is 29.6 Å². The molecule has 1 amide bonds. The number of nitrogens with zero attached hydrogens (tertiary/aromatic N) is 1. The third-order valence-corrected chi connectivity index (χ3v) is 5.62. The molecule has 0 unspecified atom stereocenters. The Morgan fingerprint density at radius 1 is 0.919 bits per heavy atom. The highest BCUT2D eigenvalue weighted by Gasteiger charge is 2.16. The fraction of sp³-hybridized carbons (Fsp3) is 0.0690. The predicted octanol–water partition coefficient (Wildman–Crippen LogP) is 7.27. The minimum atomic E-state index is -0.557. The lowest BCUT2D eigenvalue weighted by Gasteiger charge is -2.09. The molecule has 0 bridgehead atoms. The van der Waals surface area contributed by atoms with Gasteiger partial charge < -0.3 is 19.2 Å². The number of non-ortho nitro benzene ring substituents is 1. The molecule has 0 aliphatic rings. The number of carbonyl (C=O) groups is 1. The van der Waals surface area contributed by atoms with Crippen LogP contribution >= 0.6 is 0 Å². The number of nitro benzene ring substituents is 1. The molecule has 8 heteroatoms. The zero-order chi connectivity index (χ0) is 25.8. The first kappa shape index (κ1) is 23.6. The molecule has 0 aliphatic carbocycles. The molecular weight excluding hydrogens is 472 g/mol. The fourth-order valence-corrected chi connectivity index (χ4v) is 3.80. The number of anilines is 1. The summed E-state index contributed by atoms with van der Waals surface area (Å²) in [4.78, 5) is 23.7. The Bertz CT molecular complexity index is 1580. The molecule has 5 aromatic rings. The van der Waals surface area contributed by atoms with Gasteiger partial charge in [0, 0.05) is 17.5 Å². The number of hydrogen-bond acceptors (Lipinski definition) is 6. The summed E-state index contributed by atoms with van der Waals surface area (Å²) in [5, 5.41) is 16.1. The third kappa shape index (κ3) is 5.59. The quantitative estimate of drug-likeness (QED) is 0.180. The van der Waals surface area contributed by atoms with Gasteiger partial charge in [-0.05, 0) is 42.6 Å². The summed E-state index contributed by atoms with van der Waals surface area (Å²) in [6.07, 6.45) is 0. The molecule has 0 saturated heterocycles. The largest absolute Gasteiger partial charge is 0.485 e. The number of carbonyl (C=O) groups excluding carboxylic acids is 1. The summed E-state index contributed by atoms with van der Waals surface area (Å²) in [5.74, 6) is 1.39. The fourth-order valence-electron chi connectivity index (χ4n) is 3.80. The molecule has 1 aromatic heterocycles. The van der Waals surface area contributed by atoms with Crippen LogP contribution in [-0.4, -0.2) is 10.8 Å². The number of furan rings is 1. The topological polar surface area (TPSA) is 104 Å². The van der Waals surface area contributed by atoms with Gasteiger partial charge in [-0.1, -0.05) is 54.1 Å². The molecule has 0 spiro atoms. The van der Waals surface area contributed by atoms with Crippen LogP contribution in [0.25, 0.3) is 10.8 Å². The van der Waals surface area contributed by atoms with Crippen LogP contribution in [0.2, 0.25) is 0 Å². The molecular formula is C29H22N2O6. The van der Waals surface area contributed by atoms with E-state index in [1.54, 1.807) is 18.2 Å². The van der Waals surface area contributed by atoms with Gasteiger partial charge in [0.05, 0.1) is 16.7 Å². The second-order valence-electron chi connectivity index (χ2n) is 8.37. The van der Waals surface area contributed by atoms with Crippen molar-refractivity contribution in [3.8, 4) is 17.2 Å². The van der Waals surface area contributed by atoms with Crippen LogP contribution < -0.4 is 14.8 Å². The second kappa shape index (κ2) is 10.2. The average molecular weight is 495 g/mol. The van der Waals surface area contributed by atoms with Gasteiger partial charge in [-0.15, -0.1) is 0 Å². The van der Waals surface area contributed by atoms with Crippen LogP contribution in [0.15, 0.2) is 101 Å². The van der Waals surface area contributed by atoms with E-state index < -0.39 is 10.8 Å². The van der Waals surface area contributed by atoms with E-state index in [1.807, 2.05) is 61.5 Å². The molecule has 37 heavy (non-hydrogen) atoms. The Morgan fingerprint density at radius 3 is 2.51 bits per heavy atom. The van der Waals surface area contributed by atoms with Crippen molar-refractivity contribution in [1.29, 1.82) is 0 Å². The Balaban J connectivity index is 1.29. The zero-order valence-corrected chi connectivity index (χ0v) is 19.8. The summed E-state index contributed by atoms with van der Waals surface area (Å²) >= 11 is 0. The maximum absolute atomic E-state index is 12.8. The standard InChI is InChI=1S/C29H22N2O6/c1-19-9-11-23(12-10-19)36-25-16-21(15-22(17-25)31(33)34)30-29(32)28-14-13-24(37-28)18-35-27-8-4-6-20-5-2-3-7-26(20)27/h2-17H,18H2,1H3,(H,30,32). The van der Waals surface area contributed by atoms with E-state index in [4.69, 9.17) is 13.9 Å². The predicted molar refractivity (Wildman–Crippen MR) is 139 cm³/mol. The van der Waals surface area contributed by atoms with Gasteiger partial charge in [0.25, 0.3) is 11.6 Å². The SMILES string of the molecule is Cc1ccc(Oc2cc(NC(=O)c3ccc(COc4cccc5ccccc45)o3)cc([N+](=O)[O-])c2)cc1. The second-order valence-corrected chi connectivity index (χ2v) is 8.37. The number of aryl methyl sites for hydroxylation is 1. The molecule has 0 fully saturated rings. The van der Waals surface area contributed by atoms with E-state index in [1.165, 1.54) is 24.3 Å². The first-order valence-electron chi connectivity index (χ1n) is 11.5. The first-order valence-corrected chi connectivity index (χ1v) is 11.5. The highest BCUT2D eigenvalue weighted by Crippen LogP contribution is 2.30. The molecule has 8 nitrogen and oxygen atoms in total. The first-order chi connectivity index (χ1) is 17.9. The van der Waals surface area contributed by atoms with Crippen LogP contribution in [0.3, 0.4) is 0 Å². The van der Waals surface area contributed by atoms with Gasteiger partial charge in [-0.3, -0.25) is 14.9 Å². The Kier molecular flexibility index (Phi) is 6.54. The lowest BCUT2D eigenvalue weighted by atomic mass is 10.1. The molecule has 1 N–H and O–H groups in total. The molecule has 0 saturated carbocycles. The molecule has 0 atom stereocenters. The number of ether oxygens (including phenoxy) is 2. The van der Waals surface area contributed by atoms with Gasteiger partial charge in [-0.25, -0.2) is 0 Å².